The van der Waals surface area contributed by atoms with Gasteiger partial charge in [-0.15, -0.1) is 0 Å². The third kappa shape index (κ3) is 2.98. The molecule has 1 saturated heterocycles. The van der Waals surface area contributed by atoms with Crippen LogP contribution in [-0.2, 0) is 0 Å². The molecule has 0 unspecified atom stereocenters. The minimum Gasteiger partial charge on any atom is -0.465 e. The Hall–Kier alpha value is -1.07. The van der Waals surface area contributed by atoms with Crippen LogP contribution in [0.2, 0.25) is 0 Å². The number of amides is 1. The molecule has 17 heavy (non-hydrogen) atoms. The van der Waals surface area contributed by atoms with Crippen molar-refractivity contribution in [2.24, 2.45) is 0 Å². The highest BCUT2D eigenvalue weighted by molar-refractivity contribution is 9.10. The topological polar surface area (TPSA) is 52.6 Å². The molecule has 1 amide bonds. The van der Waals surface area contributed by atoms with Gasteiger partial charge in [0.15, 0.2) is 0 Å². The van der Waals surface area contributed by atoms with Gasteiger partial charge in [-0.25, -0.2) is 4.79 Å². The summed E-state index contributed by atoms with van der Waals surface area (Å²) in [5.74, 6) is 0. The second-order valence-corrected chi connectivity index (χ2v) is 5.04. The molecule has 1 aliphatic heterocycles. The number of nitrogens with zero attached hydrogens (tertiary/aromatic N) is 1. The standard InChI is InChI=1S/C12H15BrN2O2/c13-9-3-5-10(6-4-9)15(12(16)17)11-2-1-7-14-8-11/h3-6,11,14H,1-2,7-8H2,(H,16,17)/t11-/m0/s1. The van der Waals surface area contributed by atoms with Crippen molar-refractivity contribution in [2.45, 2.75) is 18.9 Å². The number of halogens is 1. The monoisotopic (exact) mass is 298 g/mol. The van der Waals surface area contributed by atoms with E-state index in [4.69, 9.17) is 0 Å². The lowest BCUT2D eigenvalue weighted by Gasteiger charge is -2.32. The molecule has 0 radical (unpaired) electrons. The summed E-state index contributed by atoms with van der Waals surface area (Å²) in [6.07, 6.45) is 1.04. The summed E-state index contributed by atoms with van der Waals surface area (Å²) in [4.78, 5) is 12.8. The fourth-order valence-corrected chi connectivity index (χ4v) is 2.40. The molecule has 1 aliphatic rings. The molecule has 0 spiro atoms. The number of hydrogen-bond acceptors (Lipinski definition) is 2. The molecule has 5 heteroatoms. The summed E-state index contributed by atoms with van der Waals surface area (Å²) >= 11 is 3.35. The first-order valence-electron chi connectivity index (χ1n) is 5.67. The van der Waals surface area contributed by atoms with E-state index in [0.29, 0.717) is 0 Å². The molecule has 1 heterocycles. The van der Waals surface area contributed by atoms with E-state index in [-0.39, 0.29) is 6.04 Å². The summed E-state index contributed by atoms with van der Waals surface area (Å²) in [5.41, 5.74) is 0.731. The average Bonchev–Trinajstić information content (AvgIpc) is 2.33. The molecular weight excluding hydrogens is 284 g/mol. The lowest BCUT2D eigenvalue weighted by atomic mass is 10.1. The number of nitrogens with one attached hydrogen (secondary N) is 1. The van der Waals surface area contributed by atoms with E-state index in [1.165, 1.54) is 4.90 Å². The molecule has 0 aliphatic carbocycles. The van der Waals surface area contributed by atoms with Gasteiger partial charge in [-0.1, -0.05) is 15.9 Å². The summed E-state index contributed by atoms with van der Waals surface area (Å²) < 4.78 is 0.952. The third-order valence-electron chi connectivity index (χ3n) is 2.95. The zero-order valence-electron chi connectivity index (χ0n) is 9.40. The van der Waals surface area contributed by atoms with E-state index in [0.717, 1.165) is 36.1 Å². The van der Waals surface area contributed by atoms with Crippen molar-refractivity contribution < 1.29 is 9.90 Å². The Labute approximate surface area is 109 Å². The molecule has 2 rings (SSSR count). The zero-order chi connectivity index (χ0) is 12.3. The Morgan fingerprint density at radius 3 is 2.65 bits per heavy atom. The van der Waals surface area contributed by atoms with Crippen molar-refractivity contribution in [3.8, 4) is 0 Å². The normalized spacial score (nSPS) is 19.9. The van der Waals surface area contributed by atoms with Crippen molar-refractivity contribution in [3.63, 3.8) is 0 Å². The first-order valence-corrected chi connectivity index (χ1v) is 6.46. The van der Waals surface area contributed by atoms with Crippen LogP contribution in [0.4, 0.5) is 10.5 Å². The molecule has 1 aromatic rings. The van der Waals surface area contributed by atoms with Gasteiger partial charge >= 0.3 is 6.09 Å². The van der Waals surface area contributed by atoms with E-state index in [1.807, 2.05) is 24.3 Å². The van der Waals surface area contributed by atoms with Gasteiger partial charge in [-0.3, -0.25) is 4.90 Å². The number of piperidine rings is 1. The molecule has 1 aromatic carbocycles. The number of anilines is 1. The summed E-state index contributed by atoms with van der Waals surface area (Å²) in [6.45, 7) is 1.70. The Morgan fingerprint density at radius 2 is 2.12 bits per heavy atom. The summed E-state index contributed by atoms with van der Waals surface area (Å²) in [7, 11) is 0. The van der Waals surface area contributed by atoms with Crippen LogP contribution < -0.4 is 10.2 Å². The number of benzene rings is 1. The SMILES string of the molecule is O=C(O)N(c1ccc(Br)cc1)[C@H]1CCCNC1. The van der Waals surface area contributed by atoms with Gasteiger partial charge in [-0.05, 0) is 43.7 Å². The van der Waals surface area contributed by atoms with Crippen LogP contribution in [0.25, 0.3) is 0 Å². The largest absolute Gasteiger partial charge is 0.465 e. The van der Waals surface area contributed by atoms with E-state index in [1.54, 1.807) is 0 Å². The number of carbonyl (C=O) groups is 1. The zero-order valence-corrected chi connectivity index (χ0v) is 11.0. The average molecular weight is 299 g/mol. The third-order valence-corrected chi connectivity index (χ3v) is 3.48. The molecule has 1 fully saturated rings. The molecule has 92 valence electrons. The minimum atomic E-state index is -0.888. The highest BCUT2D eigenvalue weighted by Gasteiger charge is 2.26. The molecule has 2 N–H and O–H groups in total. The van der Waals surface area contributed by atoms with Gasteiger partial charge in [0.25, 0.3) is 0 Å². The molecular formula is C12H15BrN2O2. The fraction of sp³-hybridized carbons (Fsp3) is 0.417. The maximum Gasteiger partial charge on any atom is 0.412 e. The van der Waals surface area contributed by atoms with Crippen molar-refractivity contribution in [1.29, 1.82) is 0 Å². The van der Waals surface area contributed by atoms with Crippen LogP contribution >= 0.6 is 15.9 Å². The predicted octanol–water partition coefficient (Wildman–Crippen LogP) is 2.69. The maximum atomic E-state index is 11.4. The highest BCUT2D eigenvalue weighted by atomic mass is 79.9. The quantitative estimate of drug-likeness (QED) is 0.883. The van der Waals surface area contributed by atoms with Crippen molar-refractivity contribution >= 4 is 27.7 Å². The van der Waals surface area contributed by atoms with Gasteiger partial charge in [0.2, 0.25) is 0 Å². The van der Waals surface area contributed by atoms with Crippen LogP contribution in [0.5, 0.6) is 0 Å². The first-order chi connectivity index (χ1) is 8.18. The minimum absolute atomic E-state index is 0.0300. The number of hydrogen-bond donors (Lipinski definition) is 2. The molecule has 0 saturated carbocycles. The Balaban J connectivity index is 2.21. The van der Waals surface area contributed by atoms with Gasteiger partial charge in [0.1, 0.15) is 0 Å². The second-order valence-electron chi connectivity index (χ2n) is 4.13. The van der Waals surface area contributed by atoms with Gasteiger partial charge in [0, 0.05) is 16.7 Å². The first kappa shape index (κ1) is 12.4. The van der Waals surface area contributed by atoms with E-state index in [9.17, 15) is 9.90 Å². The van der Waals surface area contributed by atoms with Crippen LogP contribution in [0, 0.1) is 0 Å². The fourth-order valence-electron chi connectivity index (χ4n) is 2.13. The highest BCUT2D eigenvalue weighted by Crippen LogP contribution is 2.23. The Morgan fingerprint density at radius 1 is 1.41 bits per heavy atom. The van der Waals surface area contributed by atoms with Crippen molar-refractivity contribution in [1.82, 2.24) is 5.32 Å². The molecule has 1 atom stereocenters. The lowest BCUT2D eigenvalue weighted by Crippen LogP contribution is -2.48. The molecule has 0 bridgehead atoms. The second kappa shape index (κ2) is 5.51. The van der Waals surface area contributed by atoms with Crippen LogP contribution in [0.15, 0.2) is 28.7 Å². The van der Waals surface area contributed by atoms with E-state index in [2.05, 4.69) is 21.2 Å². The van der Waals surface area contributed by atoms with Crippen molar-refractivity contribution in [2.75, 3.05) is 18.0 Å². The van der Waals surface area contributed by atoms with Gasteiger partial charge < -0.3 is 10.4 Å². The lowest BCUT2D eigenvalue weighted by molar-refractivity contribution is 0.197. The van der Waals surface area contributed by atoms with Crippen LogP contribution in [0.3, 0.4) is 0 Å². The Kier molecular flexibility index (Phi) is 4.02. The van der Waals surface area contributed by atoms with Gasteiger partial charge in [-0.2, -0.15) is 0 Å². The van der Waals surface area contributed by atoms with Crippen LogP contribution in [-0.4, -0.2) is 30.3 Å². The van der Waals surface area contributed by atoms with Crippen LogP contribution in [0.1, 0.15) is 12.8 Å². The molecule has 4 nitrogen and oxygen atoms in total. The maximum absolute atomic E-state index is 11.4. The summed E-state index contributed by atoms with van der Waals surface area (Å²) in [5, 5.41) is 12.6. The number of carboxylic acid groups (broad SMARTS) is 1. The summed E-state index contributed by atoms with van der Waals surface area (Å²) in [6, 6.07) is 7.41. The molecule has 0 aromatic heterocycles. The van der Waals surface area contributed by atoms with Crippen molar-refractivity contribution in [3.05, 3.63) is 28.7 Å². The Bertz CT molecular complexity index is 388. The smallest absolute Gasteiger partial charge is 0.412 e. The van der Waals surface area contributed by atoms with E-state index >= 15 is 0 Å². The number of rotatable bonds is 2. The van der Waals surface area contributed by atoms with E-state index < -0.39 is 6.09 Å². The van der Waals surface area contributed by atoms with Gasteiger partial charge in [0.05, 0.1) is 6.04 Å². The predicted molar refractivity (Wildman–Crippen MR) is 70.5 cm³/mol.